The van der Waals surface area contributed by atoms with E-state index < -0.39 is 11.9 Å². The molecule has 0 aromatic heterocycles. The van der Waals surface area contributed by atoms with E-state index in [0.29, 0.717) is 10.6 Å². The van der Waals surface area contributed by atoms with Crippen molar-refractivity contribution in [2.24, 2.45) is 0 Å². The highest BCUT2D eigenvalue weighted by Gasteiger charge is 2.26. The molecule has 0 radical (unpaired) electrons. The minimum absolute atomic E-state index is 0.0215. The van der Waals surface area contributed by atoms with Gasteiger partial charge in [-0.3, -0.25) is 9.59 Å². The van der Waals surface area contributed by atoms with E-state index in [0.717, 1.165) is 5.56 Å². The van der Waals surface area contributed by atoms with Crippen LogP contribution in [0.2, 0.25) is 5.02 Å². The molecule has 0 spiro atoms. The highest BCUT2D eigenvalue weighted by atomic mass is 35.5. The zero-order chi connectivity index (χ0) is 18.4. The van der Waals surface area contributed by atoms with Gasteiger partial charge in [0.05, 0.1) is 6.42 Å². The van der Waals surface area contributed by atoms with Gasteiger partial charge in [-0.2, -0.15) is 0 Å². The molecule has 0 aliphatic rings. The Morgan fingerprint density at radius 1 is 1.16 bits per heavy atom. The summed E-state index contributed by atoms with van der Waals surface area (Å²) in [7, 11) is 1.50. The largest absolute Gasteiger partial charge is 0.357 e. The van der Waals surface area contributed by atoms with E-state index >= 15 is 0 Å². The van der Waals surface area contributed by atoms with Crippen molar-refractivity contribution in [2.45, 2.75) is 25.9 Å². The molecule has 0 fully saturated rings. The van der Waals surface area contributed by atoms with Crippen molar-refractivity contribution in [3.63, 3.8) is 0 Å². The average Bonchev–Trinajstić information content (AvgIpc) is 2.61. The first-order chi connectivity index (χ1) is 11.9. The summed E-state index contributed by atoms with van der Waals surface area (Å²) in [5, 5.41) is 3.11. The Hall–Kier alpha value is -2.40. The van der Waals surface area contributed by atoms with Crippen LogP contribution in [0.5, 0.6) is 0 Å². The van der Waals surface area contributed by atoms with Gasteiger partial charge in [-0.25, -0.2) is 4.39 Å². The van der Waals surface area contributed by atoms with Gasteiger partial charge < -0.3 is 10.2 Å². The third-order valence-corrected chi connectivity index (χ3v) is 4.23. The van der Waals surface area contributed by atoms with Gasteiger partial charge in [0, 0.05) is 24.2 Å². The molecule has 0 aliphatic heterocycles. The Balaban J connectivity index is 2.23. The Labute approximate surface area is 151 Å². The quantitative estimate of drug-likeness (QED) is 0.858. The summed E-state index contributed by atoms with van der Waals surface area (Å²) in [5.41, 5.74) is 1.14. The second kappa shape index (κ2) is 8.62. The molecule has 0 aliphatic carbocycles. The molecule has 0 bridgehead atoms. The molecule has 2 aromatic rings. The fraction of sp³-hybridized carbons (Fsp3) is 0.263. The predicted octanol–water partition coefficient (Wildman–Crippen LogP) is 3.18. The zero-order valence-corrected chi connectivity index (χ0v) is 14.9. The van der Waals surface area contributed by atoms with E-state index in [2.05, 4.69) is 5.32 Å². The van der Waals surface area contributed by atoms with Gasteiger partial charge in [-0.15, -0.1) is 0 Å². The monoisotopic (exact) mass is 362 g/mol. The number of likely N-dealkylation sites (N-methyl/N-ethyl adjacent to an activating group) is 1. The number of nitrogens with one attached hydrogen (secondary N) is 1. The first-order valence-electron chi connectivity index (χ1n) is 7.91. The number of nitrogens with zero attached hydrogens (tertiary/aromatic N) is 1. The lowest BCUT2D eigenvalue weighted by Crippen LogP contribution is -2.47. The Morgan fingerprint density at radius 3 is 2.40 bits per heavy atom. The number of hydrogen-bond donors (Lipinski definition) is 1. The molecule has 6 heteroatoms. The van der Waals surface area contributed by atoms with E-state index in [1.54, 1.807) is 49.4 Å². The van der Waals surface area contributed by atoms with Crippen LogP contribution in [-0.2, 0) is 22.6 Å². The molecule has 0 unspecified atom stereocenters. The maximum Gasteiger partial charge on any atom is 0.242 e. The standard InChI is InChI=1S/C19H20ClFN2O2/c1-13(19(25)22-2)23(12-15-5-3-4-6-17(15)21)18(24)11-14-7-9-16(20)10-8-14/h3-10,13H,11-12H2,1-2H3,(H,22,25)/t13-/m0/s1. The summed E-state index contributed by atoms with van der Waals surface area (Å²) in [5.74, 6) is -0.974. The number of hydrogen-bond acceptors (Lipinski definition) is 2. The van der Waals surface area contributed by atoms with Crippen LogP contribution in [0.1, 0.15) is 18.1 Å². The van der Waals surface area contributed by atoms with Crippen LogP contribution in [0.3, 0.4) is 0 Å². The third kappa shape index (κ3) is 5.03. The molecule has 132 valence electrons. The molecule has 2 aromatic carbocycles. The van der Waals surface area contributed by atoms with Crippen LogP contribution in [-0.4, -0.2) is 29.8 Å². The molecule has 2 rings (SSSR count). The van der Waals surface area contributed by atoms with Crippen LogP contribution >= 0.6 is 11.6 Å². The lowest BCUT2D eigenvalue weighted by atomic mass is 10.1. The SMILES string of the molecule is CNC(=O)[C@H](C)N(Cc1ccccc1F)C(=O)Cc1ccc(Cl)cc1. The van der Waals surface area contributed by atoms with Gasteiger partial charge in [0.25, 0.3) is 0 Å². The van der Waals surface area contributed by atoms with Gasteiger partial charge in [0.2, 0.25) is 11.8 Å². The van der Waals surface area contributed by atoms with Crippen molar-refractivity contribution in [3.05, 3.63) is 70.5 Å². The number of carbonyl (C=O) groups is 2. The van der Waals surface area contributed by atoms with E-state index in [1.165, 1.54) is 18.0 Å². The summed E-state index contributed by atoms with van der Waals surface area (Å²) in [6.07, 6.45) is 0.104. The van der Waals surface area contributed by atoms with E-state index in [1.807, 2.05) is 0 Å². The minimum Gasteiger partial charge on any atom is -0.357 e. The van der Waals surface area contributed by atoms with E-state index in [4.69, 9.17) is 11.6 Å². The van der Waals surface area contributed by atoms with Crippen molar-refractivity contribution in [1.82, 2.24) is 10.2 Å². The molecule has 1 atom stereocenters. The average molecular weight is 363 g/mol. The topological polar surface area (TPSA) is 49.4 Å². The summed E-state index contributed by atoms with van der Waals surface area (Å²) in [6.45, 7) is 1.65. The Bertz CT molecular complexity index is 749. The number of amides is 2. The maximum absolute atomic E-state index is 14.0. The van der Waals surface area contributed by atoms with Crippen LogP contribution in [0, 0.1) is 5.82 Å². The van der Waals surface area contributed by atoms with E-state index in [-0.39, 0.29) is 24.8 Å². The number of carbonyl (C=O) groups excluding carboxylic acids is 2. The summed E-state index contributed by atoms with van der Waals surface area (Å²) in [4.78, 5) is 26.2. The molecule has 2 amide bonds. The lowest BCUT2D eigenvalue weighted by Gasteiger charge is -2.28. The smallest absolute Gasteiger partial charge is 0.242 e. The number of rotatable bonds is 6. The van der Waals surface area contributed by atoms with Gasteiger partial charge in [0.1, 0.15) is 11.9 Å². The van der Waals surface area contributed by atoms with Crippen molar-refractivity contribution in [3.8, 4) is 0 Å². The van der Waals surface area contributed by atoms with Crippen LogP contribution in [0.25, 0.3) is 0 Å². The van der Waals surface area contributed by atoms with Crippen molar-refractivity contribution in [1.29, 1.82) is 0 Å². The van der Waals surface area contributed by atoms with Gasteiger partial charge in [-0.1, -0.05) is 41.9 Å². The normalized spacial score (nSPS) is 11.7. The molecule has 4 nitrogen and oxygen atoms in total. The van der Waals surface area contributed by atoms with Crippen LogP contribution < -0.4 is 5.32 Å². The van der Waals surface area contributed by atoms with Crippen molar-refractivity contribution >= 4 is 23.4 Å². The highest BCUT2D eigenvalue weighted by molar-refractivity contribution is 6.30. The summed E-state index contributed by atoms with van der Waals surface area (Å²) in [6, 6.07) is 12.4. The Morgan fingerprint density at radius 2 is 1.80 bits per heavy atom. The first kappa shape index (κ1) is 18.9. The third-order valence-electron chi connectivity index (χ3n) is 3.98. The fourth-order valence-corrected chi connectivity index (χ4v) is 2.61. The maximum atomic E-state index is 14.0. The second-order valence-corrected chi connectivity index (χ2v) is 6.14. The molecule has 0 saturated carbocycles. The highest BCUT2D eigenvalue weighted by Crippen LogP contribution is 2.16. The van der Waals surface area contributed by atoms with Gasteiger partial charge in [0.15, 0.2) is 0 Å². The van der Waals surface area contributed by atoms with Gasteiger partial charge in [-0.05, 0) is 30.7 Å². The van der Waals surface area contributed by atoms with Crippen molar-refractivity contribution in [2.75, 3.05) is 7.05 Å². The minimum atomic E-state index is -0.718. The first-order valence-corrected chi connectivity index (χ1v) is 8.29. The number of halogens is 2. The lowest BCUT2D eigenvalue weighted by molar-refractivity contribution is -0.139. The molecule has 0 heterocycles. The molecule has 0 saturated heterocycles. The molecular weight excluding hydrogens is 343 g/mol. The van der Waals surface area contributed by atoms with Crippen molar-refractivity contribution < 1.29 is 14.0 Å². The van der Waals surface area contributed by atoms with Gasteiger partial charge >= 0.3 is 0 Å². The predicted molar refractivity (Wildman–Crippen MR) is 95.6 cm³/mol. The summed E-state index contributed by atoms with van der Waals surface area (Å²) < 4.78 is 14.0. The number of benzene rings is 2. The van der Waals surface area contributed by atoms with E-state index in [9.17, 15) is 14.0 Å². The molecule has 25 heavy (non-hydrogen) atoms. The summed E-state index contributed by atoms with van der Waals surface area (Å²) >= 11 is 5.86. The molecular formula is C19H20ClFN2O2. The zero-order valence-electron chi connectivity index (χ0n) is 14.1. The second-order valence-electron chi connectivity index (χ2n) is 5.71. The Kier molecular flexibility index (Phi) is 6.53. The van der Waals surface area contributed by atoms with Crippen LogP contribution in [0.15, 0.2) is 48.5 Å². The molecule has 1 N–H and O–H groups in total. The fourth-order valence-electron chi connectivity index (χ4n) is 2.48. The van der Waals surface area contributed by atoms with Crippen LogP contribution in [0.4, 0.5) is 4.39 Å².